The monoisotopic (exact) mass is 239 g/mol. The third kappa shape index (κ3) is 2.81. The van der Waals surface area contributed by atoms with Crippen LogP contribution in [0.5, 0.6) is 0 Å². The van der Waals surface area contributed by atoms with Crippen molar-refractivity contribution < 1.29 is 0 Å². The first kappa shape index (κ1) is 12.0. The van der Waals surface area contributed by atoms with Crippen molar-refractivity contribution in [3.63, 3.8) is 0 Å². The van der Waals surface area contributed by atoms with Gasteiger partial charge >= 0.3 is 0 Å². The molecule has 0 bridgehead atoms. The summed E-state index contributed by atoms with van der Waals surface area (Å²) in [6.45, 7) is 4.63. The minimum absolute atomic E-state index is 0.372. The Morgan fingerprint density at radius 2 is 2.50 bits per heavy atom. The second-order valence-corrected chi connectivity index (χ2v) is 5.74. The van der Waals surface area contributed by atoms with Crippen molar-refractivity contribution in [1.29, 1.82) is 0 Å². The number of nitrogens with zero attached hydrogens (tertiary/aromatic N) is 2. The molecule has 1 aliphatic heterocycles. The highest BCUT2D eigenvalue weighted by molar-refractivity contribution is 7.09. The van der Waals surface area contributed by atoms with Gasteiger partial charge in [-0.1, -0.05) is 0 Å². The molecule has 1 N–H and O–H groups in total. The van der Waals surface area contributed by atoms with Crippen LogP contribution >= 0.6 is 11.3 Å². The predicted molar refractivity (Wildman–Crippen MR) is 68.9 cm³/mol. The molecule has 4 heteroatoms. The van der Waals surface area contributed by atoms with Gasteiger partial charge in [0.2, 0.25) is 0 Å². The predicted octanol–water partition coefficient (Wildman–Crippen LogP) is 1.92. The van der Waals surface area contributed by atoms with Gasteiger partial charge in [0.1, 0.15) is 0 Å². The molecule has 3 nitrogen and oxygen atoms in total. The number of hydrogen-bond acceptors (Lipinski definition) is 4. The van der Waals surface area contributed by atoms with Crippen molar-refractivity contribution >= 4 is 11.3 Å². The third-order valence-electron chi connectivity index (χ3n) is 3.40. The number of likely N-dealkylation sites (tertiary alicyclic amines) is 1. The molecule has 0 saturated carbocycles. The molecule has 2 heterocycles. The molecule has 1 saturated heterocycles. The van der Waals surface area contributed by atoms with Gasteiger partial charge in [-0.15, -0.1) is 11.3 Å². The zero-order valence-electron chi connectivity index (χ0n) is 10.4. The van der Waals surface area contributed by atoms with E-state index >= 15 is 0 Å². The molecule has 1 fully saturated rings. The van der Waals surface area contributed by atoms with Crippen LogP contribution in [-0.4, -0.2) is 37.1 Å². The normalized spacial score (nSPS) is 23.8. The lowest BCUT2D eigenvalue weighted by molar-refractivity contribution is 0.394. The third-order valence-corrected chi connectivity index (χ3v) is 4.29. The summed E-state index contributed by atoms with van der Waals surface area (Å²) in [5, 5.41) is 6.72. The van der Waals surface area contributed by atoms with Crippen LogP contribution in [0.15, 0.2) is 5.38 Å². The topological polar surface area (TPSA) is 28.2 Å². The second kappa shape index (κ2) is 5.25. The van der Waals surface area contributed by atoms with E-state index in [1.54, 1.807) is 0 Å². The van der Waals surface area contributed by atoms with E-state index in [1.165, 1.54) is 30.2 Å². The Morgan fingerprint density at radius 3 is 3.12 bits per heavy atom. The zero-order valence-corrected chi connectivity index (χ0v) is 11.2. The SMILES string of the molecule is CNC(C)c1csc(CC2CCN(C)C2)n1. The van der Waals surface area contributed by atoms with Crippen molar-refractivity contribution in [2.75, 3.05) is 27.2 Å². The number of thiazole rings is 1. The van der Waals surface area contributed by atoms with Crippen LogP contribution < -0.4 is 5.32 Å². The summed E-state index contributed by atoms with van der Waals surface area (Å²) in [6, 6.07) is 0.372. The van der Waals surface area contributed by atoms with Crippen molar-refractivity contribution in [2.45, 2.75) is 25.8 Å². The van der Waals surface area contributed by atoms with Gasteiger partial charge < -0.3 is 10.2 Å². The lowest BCUT2D eigenvalue weighted by Crippen LogP contribution is -2.15. The van der Waals surface area contributed by atoms with Crippen LogP contribution in [0.4, 0.5) is 0 Å². The number of rotatable bonds is 4. The molecular weight excluding hydrogens is 218 g/mol. The van der Waals surface area contributed by atoms with Gasteiger partial charge in [0.25, 0.3) is 0 Å². The molecule has 16 heavy (non-hydrogen) atoms. The average Bonchev–Trinajstić information content (AvgIpc) is 2.87. The molecule has 2 atom stereocenters. The minimum Gasteiger partial charge on any atom is -0.312 e. The van der Waals surface area contributed by atoms with E-state index < -0.39 is 0 Å². The van der Waals surface area contributed by atoms with E-state index in [2.05, 4.69) is 29.6 Å². The molecule has 0 aromatic carbocycles. The lowest BCUT2D eigenvalue weighted by atomic mass is 10.1. The first-order valence-corrected chi connectivity index (χ1v) is 6.87. The van der Waals surface area contributed by atoms with Gasteiger partial charge in [0, 0.05) is 24.4 Å². The Balaban J connectivity index is 1.92. The first-order valence-electron chi connectivity index (χ1n) is 5.99. The summed E-state index contributed by atoms with van der Waals surface area (Å²) < 4.78 is 0. The molecule has 0 radical (unpaired) electrons. The Bertz CT molecular complexity index is 337. The summed E-state index contributed by atoms with van der Waals surface area (Å²) in [5.41, 5.74) is 1.19. The largest absolute Gasteiger partial charge is 0.312 e. The van der Waals surface area contributed by atoms with E-state index in [0.717, 1.165) is 12.3 Å². The highest BCUT2D eigenvalue weighted by Crippen LogP contribution is 2.23. The molecular formula is C12H21N3S. The highest BCUT2D eigenvalue weighted by atomic mass is 32.1. The average molecular weight is 239 g/mol. The zero-order chi connectivity index (χ0) is 11.5. The van der Waals surface area contributed by atoms with Crippen LogP contribution in [0.3, 0.4) is 0 Å². The second-order valence-electron chi connectivity index (χ2n) is 4.80. The summed E-state index contributed by atoms with van der Waals surface area (Å²) in [6.07, 6.45) is 2.48. The van der Waals surface area contributed by atoms with Gasteiger partial charge in [-0.05, 0) is 39.9 Å². The summed E-state index contributed by atoms with van der Waals surface area (Å²) >= 11 is 1.81. The summed E-state index contributed by atoms with van der Waals surface area (Å²) in [7, 11) is 4.19. The van der Waals surface area contributed by atoms with Crippen LogP contribution in [0, 0.1) is 5.92 Å². The quantitative estimate of drug-likeness (QED) is 0.870. The summed E-state index contributed by atoms with van der Waals surface area (Å²) in [4.78, 5) is 7.12. The molecule has 2 unspecified atom stereocenters. The fourth-order valence-electron chi connectivity index (χ4n) is 2.21. The first-order chi connectivity index (χ1) is 7.69. The van der Waals surface area contributed by atoms with E-state index in [0.29, 0.717) is 6.04 Å². The Kier molecular flexibility index (Phi) is 3.95. The van der Waals surface area contributed by atoms with Gasteiger partial charge in [-0.25, -0.2) is 4.98 Å². The van der Waals surface area contributed by atoms with E-state index in [1.807, 2.05) is 18.4 Å². The molecule has 2 rings (SSSR count). The molecule has 1 aliphatic rings. The Hall–Kier alpha value is -0.450. The van der Waals surface area contributed by atoms with Crippen molar-refractivity contribution in [2.24, 2.45) is 5.92 Å². The lowest BCUT2D eigenvalue weighted by Gasteiger charge is -2.08. The molecule has 1 aromatic rings. The maximum atomic E-state index is 4.71. The molecule has 0 aliphatic carbocycles. The smallest absolute Gasteiger partial charge is 0.0932 e. The van der Waals surface area contributed by atoms with Gasteiger partial charge in [-0.2, -0.15) is 0 Å². The van der Waals surface area contributed by atoms with Gasteiger partial charge in [0.15, 0.2) is 0 Å². The minimum atomic E-state index is 0.372. The number of aromatic nitrogens is 1. The maximum absolute atomic E-state index is 4.71. The number of nitrogens with one attached hydrogen (secondary N) is 1. The van der Waals surface area contributed by atoms with Crippen LogP contribution in [0.2, 0.25) is 0 Å². The molecule has 0 amide bonds. The van der Waals surface area contributed by atoms with E-state index in [4.69, 9.17) is 4.98 Å². The molecule has 1 aromatic heterocycles. The highest BCUT2D eigenvalue weighted by Gasteiger charge is 2.21. The van der Waals surface area contributed by atoms with Crippen molar-refractivity contribution in [3.05, 3.63) is 16.1 Å². The fraction of sp³-hybridized carbons (Fsp3) is 0.750. The van der Waals surface area contributed by atoms with Crippen LogP contribution in [0.25, 0.3) is 0 Å². The standard InChI is InChI=1S/C12H21N3S/c1-9(13-2)11-8-16-12(14-11)6-10-4-5-15(3)7-10/h8-10,13H,4-7H2,1-3H3. The Labute approximate surface area is 102 Å². The van der Waals surface area contributed by atoms with Crippen molar-refractivity contribution in [3.8, 4) is 0 Å². The van der Waals surface area contributed by atoms with Gasteiger partial charge in [0.05, 0.1) is 10.7 Å². The number of hydrogen-bond donors (Lipinski definition) is 1. The maximum Gasteiger partial charge on any atom is 0.0932 e. The van der Waals surface area contributed by atoms with E-state index in [-0.39, 0.29) is 0 Å². The molecule has 0 spiro atoms. The summed E-state index contributed by atoms with van der Waals surface area (Å²) in [5.74, 6) is 0.814. The van der Waals surface area contributed by atoms with Crippen molar-refractivity contribution in [1.82, 2.24) is 15.2 Å². The van der Waals surface area contributed by atoms with E-state index in [9.17, 15) is 0 Å². The van der Waals surface area contributed by atoms with Crippen LogP contribution in [0.1, 0.15) is 30.1 Å². The Morgan fingerprint density at radius 1 is 1.69 bits per heavy atom. The van der Waals surface area contributed by atoms with Gasteiger partial charge in [-0.3, -0.25) is 0 Å². The molecule has 90 valence electrons. The fourth-order valence-corrected chi connectivity index (χ4v) is 3.21. The van der Waals surface area contributed by atoms with Crippen LogP contribution in [-0.2, 0) is 6.42 Å².